The molecular weight excluding hydrogens is 342 g/mol. The van der Waals surface area contributed by atoms with Crippen LogP contribution >= 0.6 is 23.2 Å². The van der Waals surface area contributed by atoms with Crippen LogP contribution < -0.4 is 5.32 Å². The van der Waals surface area contributed by atoms with Crippen LogP contribution in [-0.2, 0) is 16.0 Å². The van der Waals surface area contributed by atoms with E-state index in [1.165, 1.54) is 0 Å². The molecule has 1 fully saturated rings. The van der Waals surface area contributed by atoms with Crippen LogP contribution in [0, 0.1) is 0 Å². The summed E-state index contributed by atoms with van der Waals surface area (Å²) in [5.74, 6) is -2.16. The summed E-state index contributed by atoms with van der Waals surface area (Å²) in [6.45, 7) is 0.957. The monoisotopic (exact) mass is 355 g/mol. The highest BCUT2D eigenvalue weighted by molar-refractivity contribution is 6.42. The molecule has 122 valence electrons. The van der Waals surface area contributed by atoms with Gasteiger partial charge in [-0.3, -0.25) is 0 Å². The number of carbonyl (C=O) groups excluding carboxylic acids is 1. The summed E-state index contributed by atoms with van der Waals surface area (Å²) in [6, 6.07) is 4.81. The van der Waals surface area contributed by atoms with Crippen LogP contribution in [0.3, 0.4) is 0 Å². The molecule has 1 saturated heterocycles. The van der Waals surface area contributed by atoms with Crippen LogP contribution in [0.5, 0.6) is 0 Å². The zero-order valence-corrected chi connectivity index (χ0v) is 13.0. The molecule has 1 aliphatic rings. The fourth-order valence-corrected chi connectivity index (χ4v) is 2.79. The lowest BCUT2D eigenvalue weighted by molar-refractivity contribution is -0.216. The molecule has 1 heterocycles. The first-order valence-electron chi connectivity index (χ1n) is 6.67. The normalized spacial score (nSPS) is 18.0. The van der Waals surface area contributed by atoms with Crippen molar-refractivity contribution in [1.82, 2.24) is 5.32 Å². The van der Waals surface area contributed by atoms with Gasteiger partial charge in [-0.05, 0) is 30.8 Å². The van der Waals surface area contributed by atoms with E-state index in [2.05, 4.69) is 5.32 Å². The van der Waals surface area contributed by atoms with Crippen LogP contribution in [0.25, 0.3) is 0 Å². The minimum Gasteiger partial charge on any atom is -0.452 e. The third-order valence-corrected chi connectivity index (χ3v) is 4.30. The Morgan fingerprint density at radius 1 is 1.23 bits per heavy atom. The van der Waals surface area contributed by atoms with Crippen molar-refractivity contribution in [2.24, 2.45) is 0 Å². The summed E-state index contributed by atoms with van der Waals surface area (Å²) in [6.07, 6.45) is -4.24. The number of hydrogen-bond donors (Lipinski definition) is 1. The Labute approximate surface area is 135 Å². The second-order valence-corrected chi connectivity index (χ2v) is 6.06. The molecule has 0 bridgehead atoms. The van der Waals surface area contributed by atoms with Crippen molar-refractivity contribution in [2.75, 3.05) is 13.1 Å². The highest BCUT2D eigenvalue weighted by Gasteiger charge is 2.47. The lowest BCUT2D eigenvalue weighted by atomic mass is 9.85. The molecule has 0 saturated carbocycles. The predicted octanol–water partition coefficient (Wildman–Crippen LogP) is 3.76. The second kappa shape index (κ2) is 6.64. The molecule has 22 heavy (non-hydrogen) atoms. The number of nitrogens with one attached hydrogen (secondary N) is 1. The summed E-state index contributed by atoms with van der Waals surface area (Å²) in [4.78, 5) is 11.2. The van der Waals surface area contributed by atoms with Crippen molar-refractivity contribution in [3.63, 3.8) is 0 Å². The fraction of sp³-hybridized carbons (Fsp3) is 0.500. The minimum absolute atomic E-state index is 0.160. The lowest BCUT2D eigenvalue weighted by Crippen LogP contribution is -2.48. The topological polar surface area (TPSA) is 38.3 Å². The summed E-state index contributed by atoms with van der Waals surface area (Å²) >= 11 is 11.7. The number of esters is 1. The van der Waals surface area contributed by atoms with Crippen LogP contribution in [-0.4, -0.2) is 30.8 Å². The Bertz CT molecular complexity index is 558. The molecule has 0 spiro atoms. The molecule has 1 aliphatic heterocycles. The summed E-state index contributed by atoms with van der Waals surface area (Å²) in [5, 5.41) is 3.71. The molecule has 3 nitrogen and oxygen atoms in total. The Balaban J connectivity index is 2.21. The van der Waals surface area contributed by atoms with E-state index in [4.69, 9.17) is 27.9 Å². The maximum Gasteiger partial charge on any atom is 0.490 e. The largest absolute Gasteiger partial charge is 0.490 e. The molecule has 0 aromatic heterocycles. The van der Waals surface area contributed by atoms with Gasteiger partial charge in [-0.15, -0.1) is 0 Å². The SMILES string of the molecule is O=C(OC1(Cc2ccc(Cl)c(Cl)c2)CCNCC1)C(F)(F)F. The molecule has 0 radical (unpaired) electrons. The maximum atomic E-state index is 12.5. The Hall–Kier alpha value is -0.980. The van der Waals surface area contributed by atoms with Gasteiger partial charge in [0.25, 0.3) is 0 Å². The predicted molar refractivity (Wildman–Crippen MR) is 77.1 cm³/mol. The van der Waals surface area contributed by atoms with Crippen LogP contribution in [0.2, 0.25) is 10.0 Å². The van der Waals surface area contributed by atoms with Gasteiger partial charge in [-0.1, -0.05) is 29.3 Å². The Morgan fingerprint density at radius 2 is 1.86 bits per heavy atom. The average molecular weight is 356 g/mol. The van der Waals surface area contributed by atoms with Crippen molar-refractivity contribution >= 4 is 29.2 Å². The third kappa shape index (κ3) is 4.27. The van der Waals surface area contributed by atoms with Gasteiger partial charge in [0.2, 0.25) is 0 Å². The summed E-state index contributed by atoms with van der Waals surface area (Å²) in [5.41, 5.74) is -0.513. The first kappa shape index (κ1) is 17.4. The van der Waals surface area contributed by atoms with Crippen LogP contribution in [0.1, 0.15) is 18.4 Å². The van der Waals surface area contributed by atoms with Gasteiger partial charge in [0.15, 0.2) is 0 Å². The lowest BCUT2D eigenvalue weighted by Gasteiger charge is -2.37. The van der Waals surface area contributed by atoms with Crippen molar-refractivity contribution in [2.45, 2.75) is 31.0 Å². The molecule has 1 N–H and O–H groups in total. The van der Waals surface area contributed by atoms with E-state index in [-0.39, 0.29) is 6.42 Å². The van der Waals surface area contributed by atoms with E-state index in [0.717, 1.165) is 0 Å². The first-order valence-corrected chi connectivity index (χ1v) is 7.42. The second-order valence-electron chi connectivity index (χ2n) is 5.25. The van der Waals surface area contributed by atoms with Crippen molar-refractivity contribution < 1.29 is 22.7 Å². The number of ether oxygens (including phenoxy) is 1. The molecule has 0 amide bonds. The molecule has 2 rings (SSSR count). The smallest absolute Gasteiger partial charge is 0.452 e. The number of hydrogen-bond acceptors (Lipinski definition) is 3. The number of piperidine rings is 1. The zero-order valence-electron chi connectivity index (χ0n) is 11.5. The third-order valence-electron chi connectivity index (χ3n) is 3.57. The number of benzene rings is 1. The zero-order chi connectivity index (χ0) is 16.4. The highest BCUT2D eigenvalue weighted by Crippen LogP contribution is 2.33. The number of carbonyl (C=O) groups is 1. The van der Waals surface area contributed by atoms with Crippen LogP contribution in [0.15, 0.2) is 18.2 Å². The van der Waals surface area contributed by atoms with E-state index in [1.807, 2.05) is 0 Å². The van der Waals surface area contributed by atoms with Gasteiger partial charge in [0.1, 0.15) is 5.60 Å². The Kier molecular flexibility index (Phi) is 5.25. The maximum absolute atomic E-state index is 12.5. The van der Waals surface area contributed by atoms with Gasteiger partial charge in [0.05, 0.1) is 10.0 Å². The molecule has 8 heteroatoms. The molecule has 1 aromatic rings. The van der Waals surface area contributed by atoms with E-state index in [9.17, 15) is 18.0 Å². The number of rotatable bonds is 3. The van der Waals surface area contributed by atoms with E-state index in [1.54, 1.807) is 18.2 Å². The molecule has 0 aliphatic carbocycles. The van der Waals surface area contributed by atoms with Gasteiger partial charge in [-0.2, -0.15) is 13.2 Å². The van der Waals surface area contributed by atoms with Gasteiger partial charge >= 0.3 is 12.1 Å². The van der Waals surface area contributed by atoms with E-state index in [0.29, 0.717) is 41.5 Å². The summed E-state index contributed by atoms with van der Waals surface area (Å²) in [7, 11) is 0. The van der Waals surface area contributed by atoms with Gasteiger partial charge in [-0.25, -0.2) is 4.79 Å². The molecular formula is C14H14Cl2F3NO2. The summed E-state index contributed by atoms with van der Waals surface area (Å²) < 4.78 is 42.3. The average Bonchev–Trinajstić information content (AvgIpc) is 2.43. The minimum atomic E-state index is -5.00. The standard InChI is InChI=1S/C14H14Cl2F3NO2/c15-10-2-1-9(7-11(10)16)8-13(3-5-20-6-4-13)22-12(21)14(17,18)19/h1-2,7,20H,3-6,8H2. The molecule has 0 unspecified atom stereocenters. The molecule has 1 aromatic carbocycles. The first-order chi connectivity index (χ1) is 10.2. The van der Waals surface area contributed by atoms with E-state index >= 15 is 0 Å². The van der Waals surface area contributed by atoms with Gasteiger partial charge < -0.3 is 10.1 Å². The fourth-order valence-electron chi connectivity index (χ4n) is 2.47. The van der Waals surface area contributed by atoms with E-state index < -0.39 is 17.7 Å². The Morgan fingerprint density at radius 3 is 2.41 bits per heavy atom. The highest BCUT2D eigenvalue weighted by atomic mass is 35.5. The molecule has 0 atom stereocenters. The van der Waals surface area contributed by atoms with Crippen molar-refractivity contribution in [3.05, 3.63) is 33.8 Å². The van der Waals surface area contributed by atoms with Crippen LogP contribution in [0.4, 0.5) is 13.2 Å². The van der Waals surface area contributed by atoms with Crippen molar-refractivity contribution in [1.29, 1.82) is 0 Å². The quantitative estimate of drug-likeness (QED) is 0.839. The van der Waals surface area contributed by atoms with Crippen molar-refractivity contribution in [3.8, 4) is 0 Å². The number of alkyl halides is 3. The number of halogens is 5. The van der Waals surface area contributed by atoms with Gasteiger partial charge in [0, 0.05) is 19.3 Å².